The second kappa shape index (κ2) is 10.4. The third kappa shape index (κ3) is 4.32. The number of pyridine rings is 2. The van der Waals surface area contributed by atoms with Crippen molar-refractivity contribution >= 4 is 25.3 Å². The van der Waals surface area contributed by atoms with E-state index in [9.17, 15) is 14.0 Å². The van der Waals surface area contributed by atoms with Crippen LogP contribution in [-0.2, 0) is 16.7 Å². The zero-order chi connectivity index (χ0) is 28.1. The van der Waals surface area contributed by atoms with Crippen molar-refractivity contribution in [2.45, 2.75) is 24.1 Å². The summed E-state index contributed by atoms with van der Waals surface area (Å²) < 4.78 is 44.3. The summed E-state index contributed by atoms with van der Waals surface area (Å²) in [5, 5.41) is 2.25. The van der Waals surface area contributed by atoms with Crippen molar-refractivity contribution in [2.75, 3.05) is 24.8 Å². The molecule has 0 spiro atoms. The van der Waals surface area contributed by atoms with Gasteiger partial charge in [0.1, 0.15) is 0 Å². The Balaban J connectivity index is 1.45. The van der Waals surface area contributed by atoms with Crippen LogP contribution in [0.5, 0.6) is 5.75 Å². The summed E-state index contributed by atoms with van der Waals surface area (Å²) in [5.74, 6) is -2.21. The number of halogens is 2. The fraction of sp³-hybridized carbons (Fsp3) is 0.233. The van der Waals surface area contributed by atoms with Gasteiger partial charge in [-0.25, -0.2) is 0 Å². The third-order valence-electron chi connectivity index (χ3n) is 7.60. The second-order valence-electron chi connectivity index (χ2n) is 9.92. The molecule has 0 saturated carbocycles. The summed E-state index contributed by atoms with van der Waals surface area (Å²) in [4.78, 5) is 33.6. The van der Waals surface area contributed by atoms with E-state index in [2.05, 4.69) is 0 Å². The summed E-state index contributed by atoms with van der Waals surface area (Å²) in [6, 6.07) is 16.5. The molecule has 11 heteroatoms. The maximum atomic E-state index is 15.3. The van der Waals surface area contributed by atoms with Crippen molar-refractivity contribution in [2.24, 2.45) is 0 Å². The second-order valence-corrected chi connectivity index (χ2v) is 12.1. The van der Waals surface area contributed by atoms with Crippen LogP contribution in [0.25, 0.3) is 0 Å². The first-order valence-electron chi connectivity index (χ1n) is 13.2. The summed E-state index contributed by atoms with van der Waals surface area (Å²) in [6.07, 6.45) is 2.62. The summed E-state index contributed by atoms with van der Waals surface area (Å²) in [5.41, 5.74) is 2.02. The Bertz CT molecular complexity index is 1720. The van der Waals surface area contributed by atoms with Gasteiger partial charge in [-0.05, 0) is 0 Å². The Morgan fingerprint density at radius 2 is 1.90 bits per heavy atom. The predicted molar refractivity (Wildman–Crippen MR) is 147 cm³/mol. The van der Waals surface area contributed by atoms with Crippen molar-refractivity contribution in [3.8, 4) is 5.75 Å². The molecule has 3 aliphatic heterocycles. The Kier molecular flexibility index (Phi) is 6.57. The summed E-state index contributed by atoms with van der Waals surface area (Å²) in [6.45, 7) is 0.890. The van der Waals surface area contributed by atoms with Crippen LogP contribution < -0.4 is 19.6 Å². The number of rotatable bonds is 4. The number of hydrogen-bond donors (Lipinski definition) is 0. The predicted octanol–water partition coefficient (Wildman–Crippen LogP) is 2.48. The number of aromatic nitrogens is 2. The molecule has 0 unspecified atom stereocenters. The molecule has 7 rings (SSSR count). The molecule has 208 valence electrons. The average Bonchev–Trinajstić information content (AvgIpc) is 3.17. The van der Waals surface area contributed by atoms with Crippen LogP contribution >= 0.6 is 0 Å². The molecule has 2 aromatic carbocycles. The fourth-order valence-electron chi connectivity index (χ4n) is 5.69. The quantitative estimate of drug-likeness (QED) is 0.326. The SMILES string of the molecule is O=C1c2c(OCc3ccccc3)c(=O)ccn2N([C@H]2c3ccc(F)c(F)c3C[Se]c3cccnc32)[C@@H]2COCCN12. The minimum absolute atomic E-state index is 0.0686. The van der Waals surface area contributed by atoms with Gasteiger partial charge in [0.05, 0.1) is 0 Å². The van der Waals surface area contributed by atoms with Crippen molar-refractivity contribution in [3.05, 3.63) is 123 Å². The molecule has 1 fully saturated rings. The van der Waals surface area contributed by atoms with Crippen LogP contribution in [0.1, 0.15) is 38.9 Å². The number of ether oxygens (including phenoxy) is 2. The number of hydrogen-bond acceptors (Lipinski definition) is 6. The van der Waals surface area contributed by atoms with E-state index >= 15 is 4.39 Å². The van der Waals surface area contributed by atoms with Gasteiger partial charge in [0.25, 0.3) is 0 Å². The van der Waals surface area contributed by atoms with Gasteiger partial charge in [-0.2, -0.15) is 0 Å². The summed E-state index contributed by atoms with van der Waals surface area (Å²) >= 11 is -0.216. The molecule has 0 aliphatic carbocycles. The van der Waals surface area contributed by atoms with Crippen LogP contribution in [-0.4, -0.2) is 61.3 Å². The normalized spacial score (nSPS) is 19.5. The number of carbonyl (C=O) groups is 1. The Morgan fingerprint density at radius 3 is 2.76 bits per heavy atom. The molecule has 4 aromatic rings. The maximum absolute atomic E-state index is 15.3. The number of amides is 1. The Labute approximate surface area is 240 Å². The molecule has 3 aliphatic rings. The molecular formula is C30H24F2N4O4Se. The van der Waals surface area contributed by atoms with Gasteiger partial charge in [0, 0.05) is 0 Å². The zero-order valence-corrected chi connectivity index (χ0v) is 23.4. The Hall–Kier alpha value is -4.05. The number of carbonyl (C=O) groups excluding carboxylic acids is 1. The van der Waals surface area contributed by atoms with Crippen molar-refractivity contribution in [1.82, 2.24) is 14.6 Å². The van der Waals surface area contributed by atoms with Crippen LogP contribution in [0, 0.1) is 11.6 Å². The van der Waals surface area contributed by atoms with Gasteiger partial charge in [-0.3, -0.25) is 0 Å². The van der Waals surface area contributed by atoms with Gasteiger partial charge in [-0.1, -0.05) is 6.07 Å². The standard InChI is InChI=1S/C30H24F2N4O4Se/c31-21-9-8-19-20(25(21)32)17-41-23-7-4-11-33-26(23)27(19)36-24-16-39-14-13-34(24)30(38)28-29(22(37)10-12-35(28)36)40-15-18-5-2-1-3-6-18/h1-12,24,27H,13-17H2/t24-,27+/m1/s1. The van der Waals surface area contributed by atoms with Crippen LogP contribution in [0.3, 0.4) is 0 Å². The first kappa shape index (κ1) is 25.9. The Morgan fingerprint density at radius 1 is 1.05 bits per heavy atom. The van der Waals surface area contributed by atoms with E-state index in [4.69, 9.17) is 14.5 Å². The topological polar surface area (TPSA) is 76.9 Å². The fourth-order valence-corrected chi connectivity index (χ4v) is 7.96. The molecule has 1 saturated heterocycles. The molecule has 0 radical (unpaired) electrons. The van der Waals surface area contributed by atoms with E-state index < -0.39 is 29.3 Å². The summed E-state index contributed by atoms with van der Waals surface area (Å²) in [7, 11) is 0. The van der Waals surface area contributed by atoms with E-state index in [1.54, 1.807) is 21.8 Å². The molecule has 2 atom stereocenters. The van der Waals surface area contributed by atoms with Crippen LogP contribution in [0.15, 0.2) is 77.9 Å². The number of morpholine rings is 1. The molecule has 5 heterocycles. The van der Waals surface area contributed by atoms with E-state index in [-0.39, 0.29) is 57.6 Å². The van der Waals surface area contributed by atoms with Crippen molar-refractivity contribution < 1.29 is 23.0 Å². The van der Waals surface area contributed by atoms with Crippen molar-refractivity contribution in [3.63, 3.8) is 0 Å². The first-order valence-corrected chi connectivity index (χ1v) is 15.2. The first-order chi connectivity index (χ1) is 20.0. The van der Waals surface area contributed by atoms with Crippen molar-refractivity contribution in [1.29, 1.82) is 0 Å². The van der Waals surface area contributed by atoms with Crippen LogP contribution in [0.2, 0.25) is 0 Å². The average molecular weight is 622 g/mol. The van der Waals surface area contributed by atoms with Gasteiger partial charge in [0.15, 0.2) is 0 Å². The molecule has 8 nitrogen and oxygen atoms in total. The zero-order valence-electron chi connectivity index (χ0n) is 21.7. The third-order valence-corrected chi connectivity index (χ3v) is 9.89. The molecule has 0 N–H and O–H groups in total. The van der Waals surface area contributed by atoms with E-state index in [0.29, 0.717) is 23.2 Å². The number of fused-ring (bicyclic) bond motifs is 4. The molecular weight excluding hydrogens is 597 g/mol. The van der Waals surface area contributed by atoms with Gasteiger partial charge < -0.3 is 0 Å². The molecule has 41 heavy (non-hydrogen) atoms. The monoisotopic (exact) mass is 622 g/mol. The van der Waals surface area contributed by atoms with E-state index in [1.807, 2.05) is 47.5 Å². The van der Waals surface area contributed by atoms with E-state index in [1.165, 1.54) is 12.3 Å². The molecule has 0 bridgehead atoms. The van der Waals surface area contributed by atoms with Gasteiger partial charge >= 0.3 is 235 Å². The van der Waals surface area contributed by atoms with Crippen LogP contribution in [0.4, 0.5) is 8.78 Å². The molecule has 1 amide bonds. The van der Waals surface area contributed by atoms with Gasteiger partial charge in [-0.15, -0.1) is 0 Å². The van der Waals surface area contributed by atoms with Gasteiger partial charge in [0.2, 0.25) is 0 Å². The molecule has 2 aromatic heterocycles. The number of benzene rings is 2. The van der Waals surface area contributed by atoms with E-state index in [0.717, 1.165) is 16.1 Å². The minimum atomic E-state index is -0.908. The number of nitrogens with zero attached hydrogens (tertiary/aromatic N) is 4.